The van der Waals surface area contributed by atoms with Gasteiger partial charge in [-0.05, 0) is 56.5 Å². The van der Waals surface area contributed by atoms with E-state index in [1.807, 2.05) is 12.1 Å². The minimum atomic E-state index is -0.431. The smallest absolute Gasteiger partial charge is 0.0915 e. The van der Waals surface area contributed by atoms with Crippen molar-refractivity contribution in [2.24, 2.45) is 0 Å². The van der Waals surface area contributed by atoms with E-state index in [1.165, 1.54) is 58.0 Å². The Kier molecular flexibility index (Phi) is 5.82. The van der Waals surface area contributed by atoms with Crippen molar-refractivity contribution < 1.29 is 5.11 Å². The van der Waals surface area contributed by atoms with E-state index in [-0.39, 0.29) is 0 Å². The average Bonchev–Trinajstić information content (AvgIpc) is 2.61. The summed E-state index contributed by atoms with van der Waals surface area (Å²) in [5, 5.41) is 13.8. The molecular formula is C18H29N3O. The van der Waals surface area contributed by atoms with E-state index in [9.17, 15) is 5.11 Å². The monoisotopic (exact) mass is 303 g/mol. The van der Waals surface area contributed by atoms with E-state index in [2.05, 4.69) is 15.2 Å². The fourth-order valence-electron chi connectivity index (χ4n) is 3.90. The second kappa shape index (κ2) is 8.04. The maximum Gasteiger partial charge on any atom is 0.0915 e. The van der Waals surface area contributed by atoms with Crippen LogP contribution in [0.1, 0.15) is 56.6 Å². The van der Waals surface area contributed by atoms with Crippen LogP contribution in [0.25, 0.3) is 0 Å². The standard InChI is InChI=1S/C18H29N3O/c22-18(15-6-10-19-11-7-15)14-20-16-8-12-21(13-9-16)17-4-2-1-3-5-17/h6-7,10-11,16-18,20,22H,1-5,8-9,12-14H2. The summed E-state index contributed by atoms with van der Waals surface area (Å²) in [5.74, 6) is 0. The van der Waals surface area contributed by atoms with Crippen LogP contribution in [0.2, 0.25) is 0 Å². The molecule has 0 bridgehead atoms. The number of aromatic nitrogens is 1. The third kappa shape index (κ3) is 4.28. The van der Waals surface area contributed by atoms with Crippen molar-refractivity contribution in [1.82, 2.24) is 15.2 Å². The van der Waals surface area contributed by atoms with Crippen molar-refractivity contribution in [3.63, 3.8) is 0 Å². The molecule has 0 radical (unpaired) electrons. The Labute approximate surface area is 133 Å². The largest absolute Gasteiger partial charge is 0.387 e. The molecule has 0 aromatic carbocycles. The van der Waals surface area contributed by atoms with Gasteiger partial charge < -0.3 is 15.3 Å². The third-order valence-electron chi connectivity index (χ3n) is 5.31. The van der Waals surface area contributed by atoms with Gasteiger partial charge >= 0.3 is 0 Å². The van der Waals surface area contributed by atoms with Crippen LogP contribution in [0.3, 0.4) is 0 Å². The van der Waals surface area contributed by atoms with Gasteiger partial charge in [-0.25, -0.2) is 0 Å². The van der Waals surface area contributed by atoms with Gasteiger partial charge in [-0.3, -0.25) is 4.98 Å². The summed E-state index contributed by atoms with van der Waals surface area (Å²) in [4.78, 5) is 6.70. The second-order valence-electron chi connectivity index (χ2n) is 6.81. The lowest BCUT2D eigenvalue weighted by atomic mass is 9.92. The fourth-order valence-corrected chi connectivity index (χ4v) is 3.90. The molecule has 1 aliphatic heterocycles. The Morgan fingerprint density at radius 3 is 2.45 bits per heavy atom. The first kappa shape index (κ1) is 15.9. The van der Waals surface area contributed by atoms with Gasteiger partial charge in [-0.15, -0.1) is 0 Å². The van der Waals surface area contributed by atoms with Crippen molar-refractivity contribution in [2.45, 2.75) is 63.1 Å². The molecule has 1 saturated carbocycles. The van der Waals surface area contributed by atoms with E-state index >= 15 is 0 Å². The van der Waals surface area contributed by atoms with Crippen LogP contribution in [0.4, 0.5) is 0 Å². The quantitative estimate of drug-likeness (QED) is 0.877. The molecule has 2 aliphatic rings. The van der Waals surface area contributed by atoms with E-state index in [1.54, 1.807) is 12.4 Å². The number of hydrogen-bond acceptors (Lipinski definition) is 4. The molecule has 2 N–H and O–H groups in total. The molecule has 3 rings (SSSR count). The van der Waals surface area contributed by atoms with Crippen molar-refractivity contribution in [2.75, 3.05) is 19.6 Å². The number of pyridine rings is 1. The number of likely N-dealkylation sites (tertiary alicyclic amines) is 1. The molecule has 2 heterocycles. The molecule has 1 aromatic heterocycles. The van der Waals surface area contributed by atoms with Gasteiger partial charge in [0, 0.05) is 31.0 Å². The van der Waals surface area contributed by atoms with Gasteiger partial charge in [0.05, 0.1) is 6.10 Å². The first-order valence-corrected chi connectivity index (χ1v) is 8.88. The Hall–Kier alpha value is -0.970. The maximum atomic E-state index is 10.2. The summed E-state index contributed by atoms with van der Waals surface area (Å²) < 4.78 is 0. The number of nitrogens with one attached hydrogen (secondary N) is 1. The highest BCUT2D eigenvalue weighted by Gasteiger charge is 2.26. The molecule has 1 saturated heterocycles. The van der Waals surface area contributed by atoms with E-state index in [0.717, 1.165) is 11.6 Å². The van der Waals surface area contributed by atoms with Crippen LogP contribution in [-0.4, -0.2) is 46.7 Å². The van der Waals surface area contributed by atoms with Gasteiger partial charge in [-0.1, -0.05) is 19.3 Å². The second-order valence-corrected chi connectivity index (χ2v) is 6.81. The van der Waals surface area contributed by atoms with Crippen LogP contribution in [0.15, 0.2) is 24.5 Å². The summed E-state index contributed by atoms with van der Waals surface area (Å²) in [7, 11) is 0. The van der Waals surface area contributed by atoms with Crippen molar-refractivity contribution in [3.05, 3.63) is 30.1 Å². The summed E-state index contributed by atoms with van der Waals surface area (Å²) in [6, 6.07) is 5.17. The Morgan fingerprint density at radius 2 is 1.77 bits per heavy atom. The maximum absolute atomic E-state index is 10.2. The van der Waals surface area contributed by atoms with Crippen LogP contribution in [0, 0.1) is 0 Å². The molecule has 4 nitrogen and oxygen atoms in total. The molecular weight excluding hydrogens is 274 g/mol. The normalized spacial score (nSPS) is 23.5. The lowest BCUT2D eigenvalue weighted by Crippen LogP contribution is -2.47. The Balaban J connectivity index is 1.38. The van der Waals surface area contributed by atoms with Crippen LogP contribution in [0.5, 0.6) is 0 Å². The highest BCUT2D eigenvalue weighted by molar-refractivity contribution is 5.13. The van der Waals surface area contributed by atoms with Crippen molar-refractivity contribution in [3.8, 4) is 0 Å². The number of nitrogens with zero attached hydrogens (tertiary/aromatic N) is 2. The highest BCUT2D eigenvalue weighted by Crippen LogP contribution is 2.25. The number of hydrogen-bond donors (Lipinski definition) is 2. The molecule has 0 spiro atoms. The molecule has 0 amide bonds. The summed E-state index contributed by atoms with van der Waals surface area (Å²) in [5.41, 5.74) is 0.946. The molecule has 22 heavy (non-hydrogen) atoms. The molecule has 2 fully saturated rings. The highest BCUT2D eigenvalue weighted by atomic mass is 16.3. The van der Waals surface area contributed by atoms with Crippen molar-refractivity contribution in [1.29, 1.82) is 0 Å². The van der Waals surface area contributed by atoms with Gasteiger partial charge in [-0.2, -0.15) is 0 Å². The summed E-state index contributed by atoms with van der Waals surface area (Å²) >= 11 is 0. The van der Waals surface area contributed by atoms with Crippen molar-refractivity contribution >= 4 is 0 Å². The zero-order valence-electron chi connectivity index (χ0n) is 13.5. The predicted molar refractivity (Wildman–Crippen MR) is 88.7 cm³/mol. The molecule has 1 atom stereocenters. The molecule has 1 unspecified atom stereocenters. The zero-order valence-corrected chi connectivity index (χ0v) is 13.5. The minimum Gasteiger partial charge on any atom is -0.387 e. The summed E-state index contributed by atoms with van der Waals surface area (Å²) in [6.07, 6.45) is 12.5. The fraction of sp³-hybridized carbons (Fsp3) is 0.722. The predicted octanol–water partition coefficient (Wildman–Crippen LogP) is 2.50. The molecule has 4 heteroatoms. The molecule has 1 aliphatic carbocycles. The summed E-state index contributed by atoms with van der Waals surface area (Å²) in [6.45, 7) is 3.07. The average molecular weight is 303 g/mol. The van der Waals surface area contributed by atoms with E-state index in [4.69, 9.17) is 0 Å². The SMILES string of the molecule is OC(CNC1CCN(C2CCCCC2)CC1)c1ccncc1. The van der Waals surface area contributed by atoms with Crippen LogP contribution in [-0.2, 0) is 0 Å². The Bertz CT molecular complexity index is 425. The third-order valence-corrected chi connectivity index (χ3v) is 5.31. The minimum absolute atomic E-state index is 0.431. The number of aliphatic hydroxyl groups is 1. The van der Waals surface area contributed by atoms with Gasteiger partial charge in [0.2, 0.25) is 0 Å². The van der Waals surface area contributed by atoms with Gasteiger partial charge in [0.25, 0.3) is 0 Å². The first-order valence-electron chi connectivity index (χ1n) is 8.88. The van der Waals surface area contributed by atoms with E-state index in [0.29, 0.717) is 12.6 Å². The number of piperidine rings is 1. The molecule has 1 aromatic rings. The number of aliphatic hydroxyl groups excluding tert-OH is 1. The lowest BCUT2D eigenvalue weighted by molar-refractivity contribution is 0.108. The van der Waals surface area contributed by atoms with Crippen LogP contribution < -0.4 is 5.32 Å². The lowest BCUT2D eigenvalue weighted by Gasteiger charge is -2.39. The van der Waals surface area contributed by atoms with E-state index < -0.39 is 6.10 Å². The topological polar surface area (TPSA) is 48.4 Å². The first-order chi connectivity index (χ1) is 10.8. The Morgan fingerprint density at radius 1 is 1.09 bits per heavy atom. The van der Waals surface area contributed by atoms with Crippen LogP contribution >= 0.6 is 0 Å². The number of rotatable bonds is 5. The van der Waals surface area contributed by atoms with Gasteiger partial charge in [0.15, 0.2) is 0 Å². The van der Waals surface area contributed by atoms with Gasteiger partial charge in [0.1, 0.15) is 0 Å². The molecule has 122 valence electrons. The zero-order chi connectivity index (χ0) is 15.2.